The van der Waals surface area contributed by atoms with Crippen LogP contribution in [0.4, 0.5) is 5.69 Å². The number of nitrogens with one attached hydrogen (secondary N) is 1. The molecule has 0 atom stereocenters. The highest BCUT2D eigenvalue weighted by molar-refractivity contribution is 7.99. The first-order valence-electron chi connectivity index (χ1n) is 9.57. The van der Waals surface area contributed by atoms with Crippen molar-refractivity contribution < 1.29 is 14.0 Å². The largest absolute Gasteiger partial charge is 0.469 e. The van der Waals surface area contributed by atoms with E-state index in [0.29, 0.717) is 29.4 Å². The van der Waals surface area contributed by atoms with E-state index in [2.05, 4.69) is 15.5 Å². The summed E-state index contributed by atoms with van der Waals surface area (Å²) in [6.45, 7) is 6.54. The molecule has 3 aromatic rings. The van der Waals surface area contributed by atoms with Gasteiger partial charge in [-0.1, -0.05) is 18.7 Å². The van der Waals surface area contributed by atoms with Gasteiger partial charge in [-0.15, -0.1) is 10.2 Å². The van der Waals surface area contributed by atoms with Crippen molar-refractivity contribution in [3.05, 3.63) is 47.9 Å². The maximum Gasteiger partial charge on any atom is 0.224 e. The molecule has 7 nitrogen and oxygen atoms in total. The molecule has 0 bridgehead atoms. The molecule has 0 radical (unpaired) electrons. The van der Waals surface area contributed by atoms with Crippen LogP contribution in [0.15, 0.2) is 46.2 Å². The SMILES string of the molecule is CCCC(=O)Nc1ccc(C(=O)CSc2nnc(-c3ccoc3C)n2CC)cc1. The Hall–Kier alpha value is -2.87. The van der Waals surface area contributed by atoms with Crippen LogP contribution in [-0.2, 0) is 11.3 Å². The lowest BCUT2D eigenvalue weighted by Gasteiger charge is -2.07. The Morgan fingerprint density at radius 2 is 1.90 bits per heavy atom. The number of rotatable bonds is 9. The second-order valence-electron chi connectivity index (χ2n) is 6.53. The van der Waals surface area contributed by atoms with Crippen LogP contribution in [0.25, 0.3) is 11.4 Å². The summed E-state index contributed by atoms with van der Waals surface area (Å²) in [4.78, 5) is 24.2. The van der Waals surface area contributed by atoms with Gasteiger partial charge in [-0.25, -0.2) is 0 Å². The number of ketones is 1. The van der Waals surface area contributed by atoms with Gasteiger partial charge in [0.2, 0.25) is 5.91 Å². The van der Waals surface area contributed by atoms with E-state index in [-0.39, 0.29) is 17.4 Å². The highest BCUT2D eigenvalue weighted by Gasteiger charge is 2.17. The quantitative estimate of drug-likeness (QED) is 0.409. The molecule has 0 aliphatic carbocycles. The van der Waals surface area contributed by atoms with Crippen molar-refractivity contribution in [2.75, 3.05) is 11.1 Å². The van der Waals surface area contributed by atoms with E-state index in [9.17, 15) is 9.59 Å². The normalized spacial score (nSPS) is 10.9. The molecule has 0 fully saturated rings. The van der Waals surface area contributed by atoms with Gasteiger partial charge in [0.05, 0.1) is 17.6 Å². The molecule has 3 rings (SSSR count). The molecule has 2 heterocycles. The number of thioether (sulfide) groups is 1. The van der Waals surface area contributed by atoms with E-state index in [1.807, 2.05) is 31.4 Å². The summed E-state index contributed by atoms with van der Waals surface area (Å²) in [5, 5.41) is 12.0. The minimum Gasteiger partial charge on any atom is -0.469 e. The van der Waals surface area contributed by atoms with Crippen molar-refractivity contribution in [1.82, 2.24) is 14.8 Å². The van der Waals surface area contributed by atoms with Crippen LogP contribution in [0.3, 0.4) is 0 Å². The van der Waals surface area contributed by atoms with Crippen LogP contribution >= 0.6 is 11.8 Å². The van der Waals surface area contributed by atoms with Crippen LogP contribution in [0.5, 0.6) is 0 Å². The number of carbonyl (C=O) groups is 2. The lowest BCUT2D eigenvalue weighted by atomic mass is 10.1. The maximum atomic E-state index is 12.6. The Morgan fingerprint density at radius 1 is 1.14 bits per heavy atom. The molecule has 1 amide bonds. The molecule has 0 saturated carbocycles. The summed E-state index contributed by atoms with van der Waals surface area (Å²) in [6.07, 6.45) is 2.91. The average molecular weight is 413 g/mol. The fourth-order valence-corrected chi connectivity index (χ4v) is 3.80. The maximum absolute atomic E-state index is 12.6. The number of furan rings is 1. The van der Waals surface area contributed by atoms with E-state index in [0.717, 1.165) is 23.6 Å². The average Bonchev–Trinajstić information content (AvgIpc) is 3.31. The van der Waals surface area contributed by atoms with Crippen LogP contribution < -0.4 is 5.32 Å². The van der Waals surface area contributed by atoms with Gasteiger partial charge in [-0.3, -0.25) is 9.59 Å². The van der Waals surface area contributed by atoms with Gasteiger partial charge >= 0.3 is 0 Å². The van der Waals surface area contributed by atoms with Crippen molar-refractivity contribution in [3.8, 4) is 11.4 Å². The number of anilines is 1. The van der Waals surface area contributed by atoms with E-state index >= 15 is 0 Å². The minimum absolute atomic E-state index is 0.00636. The van der Waals surface area contributed by atoms with Crippen molar-refractivity contribution in [2.24, 2.45) is 0 Å². The number of nitrogens with zero attached hydrogens (tertiary/aromatic N) is 3. The summed E-state index contributed by atoms with van der Waals surface area (Å²) in [5.74, 6) is 1.74. The molecule has 2 aromatic heterocycles. The molecule has 0 unspecified atom stereocenters. The third kappa shape index (κ3) is 4.95. The van der Waals surface area contributed by atoms with Crippen molar-refractivity contribution in [1.29, 1.82) is 0 Å². The second-order valence-corrected chi connectivity index (χ2v) is 7.47. The van der Waals surface area contributed by atoms with Gasteiger partial charge in [0, 0.05) is 24.2 Å². The molecule has 0 aliphatic rings. The van der Waals surface area contributed by atoms with E-state index in [1.54, 1.807) is 30.5 Å². The number of aryl methyl sites for hydroxylation is 1. The molecule has 29 heavy (non-hydrogen) atoms. The predicted molar refractivity (Wildman–Crippen MR) is 113 cm³/mol. The first-order chi connectivity index (χ1) is 14.0. The Balaban J connectivity index is 1.64. The zero-order chi connectivity index (χ0) is 20.8. The molecule has 0 aliphatic heterocycles. The number of hydrogen-bond donors (Lipinski definition) is 1. The third-order valence-electron chi connectivity index (χ3n) is 4.43. The number of amides is 1. The lowest BCUT2D eigenvalue weighted by Crippen LogP contribution is -2.11. The highest BCUT2D eigenvalue weighted by atomic mass is 32.2. The Kier molecular flexibility index (Phi) is 6.87. The first-order valence-corrected chi connectivity index (χ1v) is 10.6. The van der Waals surface area contributed by atoms with E-state index in [4.69, 9.17) is 4.42 Å². The summed E-state index contributed by atoms with van der Waals surface area (Å²) in [6, 6.07) is 8.83. The predicted octanol–water partition coefficient (Wildman–Crippen LogP) is 4.58. The molecule has 1 N–H and O–H groups in total. The number of carbonyl (C=O) groups excluding carboxylic acids is 2. The monoisotopic (exact) mass is 412 g/mol. The standard InChI is InChI=1S/C21H24N4O3S/c1-4-6-19(27)22-16-9-7-15(8-10-16)18(26)13-29-21-24-23-20(25(21)5-2)17-11-12-28-14(17)3/h7-12H,4-6,13H2,1-3H3,(H,22,27). The van der Waals surface area contributed by atoms with Gasteiger partial charge in [0.25, 0.3) is 0 Å². The summed E-state index contributed by atoms with van der Waals surface area (Å²) >= 11 is 1.36. The molecule has 152 valence electrons. The van der Waals surface area contributed by atoms with Gasteiger partial charge in [-0.05, 0) is 50.6 Å². The smallest absolute Gasteiger partial charge is 0.224 e. The number of aromatic nitrogens is 3. The number of hydrogen-bond acceptors (Lipinski definition) is 6. The third-order valence-corrected chi connectivity index (χ3v) is 5.40. The summed E-state index contributed by atoms with van der Waals surface area (Å²) in [5.41, 5.74) is 2.19. The summed E-state index contributed by atoms with van der Waals surface area (Å²) < 4.78 is 7.34. The molecule has 1 aromatic carbocycles. The van der Waals surface area contributed by atoms with Crippen molar-refractivity contribution >= 4 is 29.1 Å². The van der Waals surface area contributed by atoms with Gasteiger partial charge in [0.15, 0.2) is 16.8 Å². The molecular formula is C21H24N4O3S. The highest BCUT2D eigenvalue weighted by Crippen LogP contribution is 2.27. The van der Waals surface area contributed by atoms with Crippen LogP contribution in [0, 0.1) is 6.92 Å². The van der Waals surface area contributed by atoms with Gasteiger partial charge < -0.3 is 14.3 Å². The zero-order valence-electron chi connectivity index (χ0n) is 16.8. The van der Waals surface area contributed by atoms with Crippen LogP contribution in [0.2, 0.25) is 0 Å². The summed E-state index contributed by atoms with van der Waals surface area (Å²) in [7, 11) is 0. The van der Waals surface area contributed by atoms with E-state index < -0.39 is 0 Å². The Labute approximate surface area is 173 Å². The van der Waals surface area contributed by atoms with E-state index in [1.165, 1.54) is 11.8 Å². The lowest BCUT2D eigenvalue weighted by molar-refractivity contribution is -0.116. The van der Waals surface area contributed by atoms with Crippen molar-refractivity contribution in [3.63, 3.8) is 0 Å². The van der Waals surface area contributed by atoms with Crippen LogP contribution in [0.1, 0.15) is 42.8 Å². The van der Waals surface area contributed by atoms with Crippen LogP contribution in [-0.4, -0.2) is 32.2 Å². The fraction of sp³-hybridized carbons (Fsp3) is 0.333. The van der Waals surface area contributed by atoms with Gasteiger partial charge in [-0.2, -0.15) is 0 Å². The molecule has 0 saturated heterocycles. The first kappa shape index (κ1) is 20.9. The molecular weight excluding hydrogens is 388 g/mol. The Morgan fingerprint density at radius 3 is 2.52 bits per heavy atom. The topological polar surface area (TPSA) is 90.0 Å². The molecule has 8 heteroatoms. The second kappa shape index (κ2) is 9.56. The number of Topliss-reactive ketones (excluding diaryl/α,β-unsaturated/α-hetero) is 1. The molecule has 0 spiro atoms. The Bertz CT molecular complexity index is 992. The minimum atomic E-state index is -0.0234. The fourth-order valence-electron chi connectivity index (χ4n) is 2.90. The zero-order valence-corrected chi connectivity index (χ0v) is 17.6. The van der Waals surface area contributed by atoms with Crippen molar-refractivity contribution in [2.45, 2.75) is 45.3 Å². The number of benzene rings is 1. The van der Waals surface area contributed by atoms with Gasteiger partial charge in [0.1, 0.15) is 5.76 Å².